The molecule has 5 nitrogen and oxygen atoms in total. The van der Waals surface area contributed by atoms with Gasteiger partial charge in [-0.25, -0.2) is 0 Å². The summed E-state index contributed by atoms with van der Waals surface area (Å²) in [6, 6.07) is 11.6. The van der Waals surface area contributed by atoms with Crippen molar-refractivity contribution >= 4 is 11.0 Å². The highest BCUT2D eigenvalue weighted by molar-refractivity contribution is 5.84. The molecule has 0 amide bonds. The van der Waals surface area contributed by atoms with E-state index in [1.807, 2.05) is 30.3 Å². The molecule has 0 atom stereocenters. The van der Waals surface area contributed by atoms with Crippen LogP contribution >= 0.6 is 0 Å². The van der Waals surface area contributed by atoms with Gasteiger partial charge in [-0.2, -0.15) is 0 Å². The monoisotopic (exact) mass is 366 g/mol. The highest BCUT2D eigenvalue weighted by Gasteiger charge is 2.21. The third kappa shape index (κ3) is 3.65. The molecule has 0 bridgehead atoms. The Morgan fingerprint density at radius 1 is 1.19 bits per heavy atom. The van der Waals surface area contributed by atoms with Gasteiger partial charge in [0.15, 0.2) is 5.58 Å². The van der Waals surface area contributed by atoms with Crippen molar-refractivity contribution < 1.29 is 14.4 Å². The molecule has 1 fully saturated rings. The third-order valence-corrected chi connectivity index (χ3v) is 5.60. The zero-order valence-corrected chi connectivity index (χ0v) is 15.9. The number of aromatic nitrogens is 1. The second-order valence-corrected chi connectivity index (χ2v) is 7.52. The van der Waals surface area contributed by atoms with Gasteiger partial charge in [-0.05, 0) is 50.0 Å². The summed E-state index contributed by atoms with van der Waals surface area (Å²) in [6.07, 6.45) is 3.03. The number of methoxy groups -OCH3 is 1. The second-order valence-electron chi connectivity index (χ2n) is 7.52. The number of hydrogen-bond acceptors (Lipinski definition) is 5. The molecule has 4 rings (SSSR count). The normalized spacial score (nSPS) is 16.1. The number of piperidine rings is 1. The van der Waals surface area contributed by atoms with E-state index in [0.717, 1.165) is 47.0 Å². The number of nitrogens with zero attached hydrogens (tertiary/aromatic N) is 2. The van der Waals surface area contributed by atoms with Crippen molar-refractivity contribution in [1.29, 1.82) is 0 Å². The van der Waals surface area contributed by atoms with Crippen molar-refractivity contribution in [2.24, 2.45) is 5.92 Å². The molecule has 27 heavy (non-hydrogen) atoms. The Morgan fingerprint density at radius 3 is 2.74 bits per heavy atom. The number of ether oxygens (including phenoxy) is 1. The Labute approximate surface area is 159 Å². The minimum absolute atomic E-state index is 0.279. The van der Waals surface area contributed by atoms with Crippen molar-refractivity contribution in [2.45, 2.75) is 32.7 Å². The molecule has 1 N–H and O–H groups in total. The predicted molar refractivity (Wildman–Crippen MR) is 105 cm³/mol. The molecule has 142 valence electrons. The molecule has 2 heterocycles. The topological polar surface area (TPSA) is 58.7 Å². The highest BCUT2D eigenvalue weighted by Crippen LogP contribution is 2.33. The van der Waals surface area contributed by atoms with E-state index in [1.165, 1.54) is 12.8 Å². The summed E-state index contributed by atoms with van der Waals surface area (Å²) in [5, 5.41) is 15.7. The zero-order valence-electron chi connectivity index (χ0n) is 15.9. The van der Waals surface area contributed by atoms with Crippen LogP contribution in [-0.2, 0) is 13.0 Å². The van der Waals surface area contributed by atoms with E-state index in [2.05, 4.69) is 17.0 Å². The molecule has 0 spiro atoms. The Kier molecular flexibility index (Phi) is 5.03. The Bertz CT molecular complexity index is 926. The summed E-state index contributed by atoms with van der Waals surface area (Å²) in [4.78, 5) is 2.39. The molecule has 1 aromatic heterocycles. The average molecular weight is 366 g/mol. The highest BCUT2D eigenvalue weighted by atomic mass is 16.5. The number of aromatic hydroxyl groups is 1. The van der Waals surface area contributed by atoms with Gasteiger partial charge in [0, 0.05) is 23.9 Å². The number of likely N-dealkylation sites (tertiary alicyclic amines) is 1. The van der Waals surface area contributed by atoms with E-state index >= 15 is 0 Å². The van der Waals surface area contributed by atoms with E-state index in [4.69, 9.17) is 9.26 Å². The van der Waals surface area contributed by atoms with Gasteiger partial charge >= 0.3 is 0 Å². The van der Waals surface area contributed by atoms with Crippen LogP contribution in [0.5, 0.6) is 11.5 Å². The summed E-state index contributed by atoms with van der Waals surface area (Å²) < 4.78 is 11.1. The molecule has 0 radical (unpaired) electrons. The van der Waals surface area contributed by atoms with Crippen LogP contribution in [0.1, 0.15) is 36.6 Å². The molecule has 5 heteroatoms. The first-order valence-corrected chi connectivity index (χ1v) is 9.59. The van der Waals surface area contributed by atoms with Gasteiger partial charge in [0.05, 0.1) is 18.4 Å². The fourth-order valence-electron chi connectivity index (χ4n) is 3.85. The lowest BCUT2D eigenvalue weighted by atomic mass is 9.98. The lowest BCUT2D eigenvalue weighted by Crippen LogP contribution is -2.32. The van der Waals surface area contributed by atoms with E-state index in [0.29, 0.717) is 18.5 Å². The fraction of sp³-hybridized carbons (Fsp3) is 0.409. The maximum absolute atomic E-state index is 10.4. The largest absolute Gasteiger partial charge is 0.507 e. The van der Waals surface area contributed by atoms with Gasteiger partial charge in [0.2, 0.25) is 0 Å². The van der Waals surface area contributed by atoms with E-state index in [-0.39, 0.29) is 5.75 Å². The Morgan fingerprint density at radius 2 is 1.96 bits per heavy atom. The predicted octanol–water partition coefficient (Wildman–Crippen LogP) is 4.36. The van der Waals surface area contributed by atoms with E-state index in [9.17, 15) is 5.11 Å². The van der Waals surface area contributed by atoms with Crippen LogP contribution in [0.15, 0.2) is 40.9 Å². The first-order valence-electron chi connectivity index (χ1n) is 9.59. The lowest BCUT2D eigenvalue weighted by Gasteiger charge is -2.30. The molecule has 0 aliphatic carbocycles. The summed E-state index contributed by atoms with van der Waals surface area (Å²) >= 11 is 0. The second kappa shape index (κ2) is 7.61. The SMILES string of the molecule is COc1ccccc1Cc1noc2c(CN3CCC(C)CC3)c(O)ccc12. The van der Waals surface area contributed by atoms with Crippen LogP contribution in [0, 0.1) is 5.92 Å². The van der Waals surface area contributed by atoms with Crippen molar-refractivity contribution in [2.75, 3.05) is 20.2 Å². The molecule has 0 saturated carbocycles. The lowest BCUT2D eigenvalue weighted by molar-refractivity contribution is 0.183. The first-order chi connectivity index (χ1) is 13.2. The van der Waals surface area contributed by atoms with Crippen molar-refractivity contribution in [3.05, 3.63) is 53.2 Å². The number of phenols is 1. The molecular formula is C22H26N2O3. The molecule has 0 unspecified atom stereocenters. The molecule has 2 aromatic carbocycles. The van der Waals surface area contributed by atoms with E-state index < -0.39 is 0 Å². The Balaban J connectivity index is 1.63. The number of hydrogen-bond donors (Lipinski definition) is 1. The number of rotatable bonds is 5. The van der Waals surface area contributed by atoms with Gasteiger partial charge in [0.25, 0.3) is 0 Å². The van der Waals surface area contributed by atoms with Crippen LogP contribution in [0.4, 0.5) is 0 Å². The van der Waals surface area contributed by atoms with Gasteiger partial charge in [-0.1, -0.05) is 30.3 Å². The van der Waals surface area contributed by atoms with Gasteiger partial charge in [-0.15, -0.1) is 0 Å². The Hall–Kier alpha value is -2.53. The maximum Gasteiger partial charge on any atom is 0.175 e. The smallest absolute Gasteiger partial charge is 0.175 e. The summed E-state index contributed by atoms with van der Waals surface area (Å²) in [6.45, 7) is 5.10. The van der Waals surface area contributed by atoms with Crippen LogP contribution in [-0.4, -0.2) is 35.4 Å². The number of para-hydroxylation sites is 1. The average Bonchev–Trinajstić information content (AvgIpc) is 3.09. The van der Waals surface area contributed by atoms with Crippen LogP contribution in [0.3, 0.4) is 0 Å². The number of benzene rings is 2. The van der Waals surface area contributed by atoms with Gasteiger partial charge in [0.1, 0.15) is 11.5 Å². The fourth-order valence-corrected chi connectivity index (χ4v) is 3.85. The minimum Gasteiger partial charge on any atom is -0.507 e. The molecule has 1 aliphatic heterocycles. The van der Waals surface area contributed by atoms with Crippen molar-refractivity contribution in [3.8, 4) is 11.5 Å². The van der Waals surface area contributed by atoms with Crippen LogP contribution in [0.25, 0.3) is 11.0 Å². The summed E-state index contributed by atoms with van der Waals surface area (Å²) in [7, 11) is 1.68. The van der Waals surface area contributed by atoms with E-state index in [1.54, 1.807) is 13.2 Å². The first kappa shape index (κ1) is 17.9. The molecule has 3 aromatic rings. The zero-order chi connectivity index (χ0) is 18.8. The summed E-state index contributed by atoms with van der Waals surface area (Å²) in [5.74, 6) is 1.90. The molecule has 1 aliphatic rings. The van der Waals surface area contributed by atoms with Crippen molar-refractivity contribution in [3.63, 3.8) is 0 Å². The standard InChI is InChI=1S/C22H26N2O3/c1-15-9-11-24(12-10-15)14-18-20(25)8-7-17-19(23-27-22(17)18)13-16-5-3-4-6-21(16)26-2/h3-8,15,25H,9-14H2,1-2H3. The maximum atomic E-state index is 10.4. The van der Waals surface area contributed by atoms with Gasteiger partial charge in [-0.3, -0.25) is 4.90 Å². The minimum atomic E-state index is 0.279. The van der Waals surface area contributed by atoms with Crippen LogP contribution < -0.4 is 4.74 Å². The third-order valence-electron chi connectivity index (χ3n) is 5.60. The number of phenolic OH excluding ortho intramolecular Hbond substituents is 1. The van der Waals surface area contributed by atoms with Crippen LogP contribution in [0.2, 0.25) is 0 Å². The van der Waals surface area contributed by atoms with Crippen molar-refractivity contribution in [1.82, 2.24) is 10.1 Å². The molecular weight excluding hydrogens is 340 g/mol. The quantitative estimate of drug-likeness (QED) is 0.727. The van der Waals surface area contributed by atoms with Gasteiger partial charge < -0.3 is 14.4 Å². The summed E-state index contributed by atoms with van der Waals surface area (Å²) in [5.41, 5.74) is 3.46. The molecule has 1 saturated heterocycles. The number of fused-ring (bicyclic) bond motifs is 1.